The molecule has 0 atom stereocenters. The Morgan fingerprint density at radius 1 is 1.13 bits per heavy atom. The van der Waals surface area contributed by atoms with Gasteiger partial charge in [0.25, 0.3) is 0 Å². The van der Waals surface area contributed by atoms with Crippen molar-refractivity contribution in [3.8, 4) is 0 Å². The summed E-state index contributed by atoms with van der Waals surface area (Å²) in [5.74, 6) is 1.13. The first-order valence-electron chi connectivity index (χ1n) is 9.49. The number of nitrogens with zero attached hydrogens (tertiary/aromatic N) is 2. The highest BCUT2D eigenvalue weighted by Crippen LogP contribution is 2.39. The van der Waals surface area contributed by atoms with E-state index in [2.05, 4.69) is 15.1 Å². The van der Waals surface area contributed by atoms with E-state index >= 15 is 0 Å². The van der Waals surface area contributed by atoms with Gasteiger partial charge >= 0.3 is 0 Å². The molecule has 23 heavy (non-hydrogen) atoms. The molecule has 3 fully saturated rings. The van der Waals surface area contributed by atoms with Gasteiger partial charge in [0.05, 0.1) is 13.2 Å². The fraction of sp³-hybridized carbons (Fsp3) is 0.944. The largest absolute Gasteiger partial charge is 0.379 e. The van der Waals surface area contributed by atoms with Crippen molar-refractivity contribution < 1.29 is 9.53 Å². The van der Waals surface area contributed by atoms with Crippen LogP contribution in [0, 0.1) is 5.92 Å². The number of morpholine rings is 1. The maximum atomic E-state index is 12.9. The van der Waals surface area contributed by atoms with Gasteiger partial charge in [0.2, 0.25) is 5.91 Å². The molecule has 1 saturated carbocycles. The van der Waals surface area contributed by atoms with E-state index in [1.165, 1.54) is 25.7 Å². The Hall–Kier alpha value is -0.650. The number of nitrogens with one attached hydrogen (secondary N) is 1. The number of rotatable bonds is 5. The van der Waals surface area contributed by atoms with Gasteiger partial charge in [-0.1, -0.05) is 12.8 Å². The minimum absolute atomic E-state index is 0.128. The number of ether oxygens (including phenoxy) is 1. The van der Waals surface area contributed by atoms with Gasteiger partial charge in [-0.2, -0.15) is 0 Å². The summed E-state index contributed by atoms with van der Waals surface area (Å²) in [6, 6.07) is 0. The number of hydrogen-bond donors (Lipinski definition) is 1. The molecule has 3 rings (SSSR count). The maximum Gasteiger partial charge on any atom is 0.224 e. The van der Waals surface area contributed by atoms with E-state index in [4.69, 9.17) is 4.74 Å². The van der Waals surface area contributed by atoms with E-state index in [0.29, 0.717) is 5.91 Å². The topological polar surface area (TPSA) is 44.8 Å². The maximum absolute atomic E-state index is 12.9. The van der Waals surface area contributed by atoms with Crippen LogP contribution in [0.3, 0.4) is 0 Å². The monoisotopic (exact) mass is 323 g/mol. The average Bonchev–Trinajstić information content (AvgIpc) is 3.06. The van der Waals surface area contributed by atoms with Crippen LogP contribution in [-0.2, 0) is 9.53 Å². The number of hydrogen-bond acceptors (Lipinski definition) is 4. The van der Waals surface area contributed by atoms with Gasteiger partial charge in [-0.3, -0.25) is 9.69 Å². The van der Waals surface area contributed by atoms with E-state index in [1.807, 2.05) is 7.05 Å². The predicted molar refractivity (Wildman–Crippen MR) is 91.4 cm³/mol. The second-order valence-corrected chi connectivity index (χ2v) is 7.59. The van der Waals surface area contributed by atoms with E-state index in [9.17, 15) is 4.79 Å². The van der Waals surface area contributed by atoms with Crippen molar-refractivity contribution in [1.29, 1.82) is 0 Å². The first-order valence-corrected chi connectivity index (χ1v) is 9.49. The molecule has 0 radical (unpaired) electrons. The summed E-state index contributed by atoms with van der Waals surface area (Å²) in [5, 5.41) is 3.27. The third-order valence-electron chi connectivity index (χ3n) is 6.16. The molecule has 5 nitrogen and oxygen atoms in total. The summed E-state index contributed by atoms with van der Waals surface area (Å²) < 4.78 is 5.52. The molecule has 132 valence electrons. The summed E-state index contributed by atoms with van der Waals surface area (Å²) in [4.78, 5) is 17.6. The molecule has 2 saturated heterocycles. The lowest BCUT2D eigenvalue weighted by atomic mass is 9.88. The van der Waals surface area contributed by atoms with Crippen molar-refractivity contribution in [1.82, 2.24) is 15.1 Å². The Morgan fingerprint density at radius 2 is 1.78 bits per heavy atom. The van der Waals surface area contributed by atoms with Gasteiger partial charge < -0.3 is 15.0 Å². The van der Waals surface area contributed by atoms with Crippen LogP contribution in [0.4, 0.5) is 0 Å². The summed E-state index contributed by atoms with van der Waals surface area (Å²) in [5.41, 5.74) is 0.128. The molecule has 0 spiro atoms. The summed E-state index contributed by atoms with van der Waals surface area (Å²) >= 11 is 0. The minimum Gasteiger partial charge on any atom is -0.379 e. The Balaban J connectivity index is 1.56. The molecular formula is C18H33N3O2. The van der Waals surface area contributed by atoms with Crippen LogP contribution in [0.25, 0.3) is 0 Å². The third-order valence-corrected chi connectivity index (χ3v) is 6.16. The zero-order valence-corrected chi connectivity index (χ0v) is 14.7. The highest BCUT2D eigenvalue weighted by Gasteiger charge is 2.42. The molecule has 0 aromatic carbocycles. The molecule has 2 heterocycles. The normalized spacial score (nSPS) is 26.6. The van der Waals surface area contributed by atoms with E-state index in [0.717, 1.165) is 71.1 Å². The van der Waals surface area contributed by atoms with Crippen LogP contribution >= 0.6 is 0 Å². The standard InChI is InChI=1S/C18H33N3O2/c1-19-15-16-4-8-20(9-5-16)17(22)14-18(6-2-3-7-18)21-10-12-23-13-11-21/h16,19H,2-15H2,1H3. The minimum atomic E-state index is 0.128. The zero-order chi connectivity index (χ0) is 16.1. The van der Waals surface area contributed by atoms with Gasteiger partial charge in [-0.25, -0.2) is 0 Å². The lowest BCUT2D eigenvalue weighted by Gasteiger charge is -2.44. The van der Waals surface area contributed by atoms with Gasteiger partial charge in [-0.05, 0) is 45.2 Å². The molecule has 1 aliphatic carbocycles. The van der Waals surface area contributed by atoms with E-state index in [1.54, 1.807) is 0 Å². The Kier molecular flexibility index (Phi) is 5.94. The molecular weight excluding hydrogens is 290 g/mol. The van der Waals surface area contributed by atoms with Crippen molar-refractivity contribution in [2.45, 2.75) is 50.5 Å². The first-order chi connectivity index (χ1) is 11.2. The van der Waals surface area contributed by atoms with Crippen molar-refractivity contribution in [3.05, 3.63) is 0 Å². The molecule has 0 unspecified atom stereocenters. The number of likely N-dealkylation sites (tertiary alicyclic amines) is 1. The van der Waals surface area contributed by atoms with Crippen LogP contribution in [0.5, 0.6) is 0 Å². The van der Waals surface area contributed by atoms with Gasteiger partial charge in [0.1, 0.15) is 0 Å². The highest BCUT2D eigenvalue weighted by molar-refractivity contribution is 5.77. The number of carbonyl (C=O) groups is 1. The third kappa shape index (κ3) is 4.06. The van der Waals surface area contributed by atoms with Gasteiger partial charge in [0.15, 0.2) is 0 Å². The van der Waals surface area contributed by atoms with Gasteiger partial charge in [-0.15, -0.1) is 0 Å². The molecule has 2 aliphatic heterocycles. The smallest absolute Gasteiger partial charge is 0.224 e. The van der Waals surface area contributed by atoms with Crippen LogP contribution in [-0.4, -0.2) is 74.2 Å². The summed E-state index contributed by atoms with van der Waals surface area (Å²) in [6.45, 7) is 6.63. The molecule has 5 heteroatoms. The number of amides is 1. The Bertz CT molecular complexity index is 382. The fourth-order valence-electron chi connectivity index (χ4n) is 4.74. The number of carbonyl (C=O) groups excluding carboxylic acids is 1. The molecule has 0 aromatic rings. The highest BCUT2D eigenvalue weighted by atomic mass is 16.5. The van der Waals surface area contributed by atoms with Crippen molar-refractivity contribution in [2.24, 2.45) is 5.92 Å². The SMILES string of the molecule is CNCC1CCN(C(=O)CC2(N3CCOCC3)CCCC2)CC1. The second-order valence-electron chi connectivity index (χ2n) is 7.59. The average molecular weight is 323 g/mol. The van der Waals surface area contributed by atoms with Crippen LogP contribution < -0.4 is 5.32 Å². The van der Waals surface area contributed by atoms with E-state index in [-0.39, 0.29) is 5.54 Å². The second kappa shape index (κ2) is 7.95. The summed E-state index contributed by atoms with van der Waals surface area (Å²) in [7, 11) is 2.02. The molecule has 1 N–H and O–H groups in total. The molecule has 1 amide bonds. The Labute approximate surface area is 140 Å². The Morgan fingerprint density at radius 3 is 2.39 bits per heavy atom. The lowest BCUT2D eigenvalue weighted by molar-refractivity contribution is -0.137. The van der Waals surface area contributed by atoms with Gasteiger partial charge in [0, 0.05) is 38.1 Å². The zero-order valence-electron chi connectivity index (χ0n) is 14.7. The molecule has 0 aromatic heterocycles. The lowest BCUT2D eigenvalue weighted by Crippen LogP contribution is -2.54. The predicted octanol–water partition coefficient (Wildman–Crippen LogP) is 1.48. The van der Waals surface area contributed by atoms with Crippen LogP contribution in [0.2, 0.25) is 0 Å². The summed E-state index contributed by atoms with van der Waals surface area (Å²) in [6.07, 6.45) is 7.95. The van der Waals surface area contributed by atoms with Crippen LogP contribution in [0.15, 0.2) is 0 Å². The van der Waals surface area contributed by atoms with E-state index < -0.39 is 0 Å². The van der Waals surface area contributed by atoms with Crippen molar-refractivity contribution >= 4 is 5.91 Å². The molecule has 0 bridgehead atoms. The number of piperidine rings is 1. The quantitative estimate of drug-likeness (QED) is 0.832. The molecule has 3 aliphatic rings. The fourth-order valence-corrected chi connectivity index (χ4v) is 4.74. The first kappa shape index (κ1) is 17.2. The van der Waals surface area contributed by atoms with Crippen molar-refractivity contribution in [2.75, 3.05) is 53.0 Å². The van der Waals surface area contributed by atoms with Crippen molar-refractivity contribution in [3.63, 3.8) is 0 Å². The van der Waals surface area contributed by atoms with Crippen LogP contribution in [0.1, 0.15) is 44.9 Å².